The highest BCUT2D eigenvalue weighted by molar-refractivity contribution is 7.26. The molecule has 6 aliphatic heterocycles. The molecule has 0 fully saturated rings. The number of benzene rings is 18. The molecule has 0 saturated carbocycles. The summed E-state index contributed by atoms with van der Waals surface area (Å²) in [5.41, 5.74) is 26.0. The van der Waals surface area contributed by atoms with Crippen LogP contribution in [-0.4, -0.2) is 20.1 Å². The first-order chi connectivity index (χ1) is 59.4. The number of thiophene rings is 2. The zero-order valence-corrected chi connectivity index (χ0v) is 65.9. The van der Waals surface area contributed by atoms with Crippen molar-refractivity contribution in [2.75, 3.05) is 0 Å². The summed E-state index contributed by atoms with van der Waals surface area (Å²) in [7, 11) is 0. The van der Waals surface area contributed by atoms with Gasteiger partial charge in [0.05, 0.1) is 0 Å². The van der Waals surface area contributed by atoms with Gasteiger partial charge in [0.2, 0.25) is 0 Å². The Balaban J connectivity index is 0.0000000997. The molecule has 18 aromatic carbocycles. The monoisotopic (exact) mass is 1570 g/mol. The van der Waals surface area contributed by atoms with Gasteiger partial charge in [0.15, 0.2) is 0 Å². The van der Waals surface area contributed by atoms with Crippen LogP contribution < -0.4 is 77.6 Å². The van der Waals surface area contributed by atoms with Gasteiger partial charge in [-0.15, -0.1) is 22.7 Å². The zero-order valence-electron chi connectivity index (χ0n) is 64.3. The van der Waals surface area contributed by atoms with Gasteiger partial charge in [0.25, 0.3) is 20.1 Å². The second-order valence-electron chi connectivity index (χ2n) is 31.4. The smallest absolute Gasteiger partial charge is 0.260 e. The lowest BCUT2D eigenvalue weighted by Gasteiger charge is -2.33. The van der Waals surface area contributed by atoms with Crippen molar-refractivity contribution in [3.63, 3.8) is 0 Å². The Kier molecular flexibility index (Phi) is 15.6. The molecule has 6 aliphatic rings. The lowest BCUT2D eigenvalue weighted by atomic mass is 9.35. The fraction of sp³-hybridized carbons (Fsp3) is 0. The van der Waals surface area contributed by atoms with Gasteiger partial charge >= 0.3 is 0 Å². The second kappa shape index (κ2) is 27.4. The van der Waals surface area contributed by atoms with Gasteiger partial charge < -0.3 is 32.8 Å². The van der Waals surface area contributed by atoms with Crippen LogP contribution >= 0.6 is 22.7 Å². The van der Waals surface area contributed by atoms with Crippen LogP contribution in [0.1, 0.15) is 0 Å². The molecule has 3 aromatic heterocycles. The molecule has 12 heteroatoms. The van der Waals surface area contributed by atoms with Crippen LogP contribution in [0.4, 0.5) is 0 Å². The van der Waals surface area contributed by atoms with Crippen LogP contribution in [0.3, 0.4) is 0 Å². The van der Waals surface area contributed by atoms with Crippen LogP contribution in [0.25, 0.3) is 129 Å². The van der Waals surface area contributed by atoms with E-state index in [4.69, 9.17) is 32.8 Å². The van der Waals surface area contributed by atoms with E-state index < -0.39 is 0 Å². The third-order valence-corrected chi connectivity index (χ3v) is 27.0. The van der Waals surface area contributed by atoms with Crippen LogP contribution in [0.2, 0.25) is 0 Å². The van der Waals surface area contributed by atoms with Crippen molar-refractivity contribution in [3.8, 4) is 136 Å². The van der Waals surface area contributed by atoms with E-state index >= 15 is 0 Å². The molecule has 7 nitrogen and oxygen atoms in total. The molecule has 0 saturated heterocycles. The molecule has 27 rings (SSSR count). The van der Waals surface area contributed by atoms with Gasteiger partial charge in [0, 0.05) is 67.5 Å². The first kappa shape index (κ1) is 68.4. The summed E-state index contributed by atoms with van der Waals surface area (Å²) in [5, 5.41) is 7.55. The Morgan fingerprint density at radius 3 is 0.958 bits per heavy atom. The highest BCUT2D eigenvalue weighted by atomic mass is 32.1. The van der Waals surface area contributed by atoms with Gasteiger partial charge in [-0.2, -0.15) is 0 Å². The number of furan rings is 1. The number of hydrogen-bond donors (Lipinski definition) is 0. The van der Waals surface area contributed by atoms with Crippen molar-refractivity contribution in [2.24, 2.45) is 0 Å². The molecule has 0 aliphatic carbocycles. The van der Waals surface area contributed by atoms with Gasteiger partial charge in [-0.3, -0.25) is 0 Å². The maximum atomic E-state index is 6.51. The SMILES string of the molecule is c1cc(-c2cc3c4c(c2)Oc2ccccc2B4c2ccccc2O3)cc(-c2ccc3oc4ccccc4c3c2)c1.c1ccc2c(c1)Oc1cc(-c3ccc(-c4ccc5sc6ccccc6c5c4)cc3)cc3c1B2c1ccccc1O3.c1ccc2c(c1)Oc1cc(-c3ccc(-c4cccc5c4sc4ccccc45)cc3)cc3c1B2c1ccccc1O3. The normalized spacial score (nSPS) is 12.8. The van der Waals surface area contributed by atoms with E-state index in [0.717, 1.165) is 152 Å². The molecule has 21 aromatic rings. The molecule has 0 spiro atoms. The van der Waals surface area contributed by atoms with Crippen molar-refractivity contribution in [1.29, 1.82) is 0 Å². The molecule has 120 heavy (non-hydrogen) atoms. The summed E-state index contributed by atoms with van der Waals surface area (Å²) in [5.74, 6) is 10.6. The standard InChI is InChI=1S/C36H21BO3.2C36H21BO2S/c1-4-13-30-26(10-1)27-19-24(16-17-31(27)38-30)22-8-7-9-23(18-22)25-20-34-36-35(21-25)40-33-15-6-3-12-29(33)37(36)28-11-2-5-14-32(28)39-34;1-6-15-34-26(8-1)27-10-7-9-25(36(27)40-34)23-18-16-22(17-19-23)24-20-32-35-33(21-24)39-31-14-5-3-12-29(31)37(35)28-11-2-4-13-30(28)38-32;1-6-12-34-26(7-1)27-19-24(17-18-35(27)40-34)22-13-15-23(16-14-22)25-20-32-36-33(21-25)39-31-11-5-3-9-29(31)37(36)28-8-2-4-10-30(28)38-32/h3*1-21H. The zero-order chi connectivity index (χ0) is 78.6. The largest absolute Gasteiger partial charge is 0.458 e. The molecular weight excluding hydrogens is 1510 g/mol. The van der Waals surface area contributed by atoms with Crippen LogP contribution in [0.15, 0.2) is 387 Å². The Labute approximate surface area is 700 Å². The van der Waals surface area contributed by atoms with E-state index in [0.29, 0.717) is 0 Å². The van der Waals surface area contributed by atoms with Crippen LogP contribution in [0.5, 0.6) is 69.0 Å². The Morgan fingerprint density at radius 2 is 0.483 bits per heavy atom. The lowest BCUT2D eigenvalue weighted by molar-refractivity contribution is 0.464. The van der Waals surface area contributed by atoms with Gasteiger partial charge in [-0.25, -0.2) is 0 Å². The third kappa shape index (κ3) is 11.2. The predicted octanol–water partition coefficient (Wildman–Crippen LogP) is 23.9. The van der Waals surface area contributed by atoms with Gasteiger partial charge in [-0.05, 0) is 221 Å². The summed E-state index contributed by atoms with van der Waals surface area (Å²) in [4.78, 5) is 0. The van der Waals surface area contributed by atoms with Crippen molar-refractivity contribution >= 4 is 154 Å². The van der Waals surface area contributed by atoms with Crippen LogP contribution in [0, 0.1) is 0 Å². The van der Waals surface area contributed by atoms with Crippen molar-refractivity contribution < 1.29 is 32.8 Å². The summed E-state index contributed by atoms with van der Waals surface area (Å²) in [6.07, 6.45) is 0. The number of hydrogen-bond acceptors (Lipinski definition) is 9. The first-order valence-electron chi connectivity index (χ1n) is 40.6. The van der Waals surface area contributed by atoms with Crippen LogP contribution in [-0.2, 0) is 0 Å². The summed E-state index contributed by atoms with van der Waals surface area (Å²) < 4.78 is 50.3. The van der Waals surface area contributed by atoms with Crippen molar-refractivity contribution in [3.05, 3.63) is 382 Å². The van der Waals surface area contributed by atoms with E-state index in [-0.39, 0.29) is 20.1 Å². The van der Waals surface area contributed by atoms with E-state index in [1.54, 1.807) is 0 Å². The first-order valence-corrected chi connectivity index (χ1v) is 42.2. The van der Waals surface area contributed by atoms with Crippen molar-refractivity contribution in [1.82, 2.24) is 0 Å². The molecule has 0 atom stereocenters. The Bertz CT molecular complexity index is 7630. The maximum absolute atomic E-state index is 6.51. The number of rotatable bonds is 6. The topological polar surface area (TPSA) is 68.5 Å². The molecule has 0 bridgehead atoms. The fourth-order valence-corrected chi connectivity index (χ4v) is 21.4. The number of ether oxygens (including phenoxy) is 6. The van der Waals surface area contributed by atoms with Crippen molar-refractivity contribution in [2.45, 2.75) is 0 Å². The van der Waals surface area contributed by atoms with Gasteiger partial charge in [-0.1, -0.05) is 261 Å². The highest BCUT2D eigenvalue weighted by Gasteiger charge is 2.44. The molecule has 558 valence electrons. The number of fused-ring (bicyclic) bond motifs is 21. The molecule has 9 heterocycles. The lowest BCUT2D eigenvalue weighted by Crippen LogP contribution is -2.57. The van der Waals surface area contributed by atoms with E-state index in [1.165, 1.54) is 95.4 Å². The highest BCUT2D eigenvalue weighted by Crippen LogP contribution is 2.47. The summed E-state index contributed by atoms with van der Waals surface area (Å²) >= 11 is 3.72. The minimum atomic E-state index is 0.0804. The molecule has 0 unspecified atom stereocenters. The van der Waals surface area contributed by atoms with E-state index in [1.807, 2.05) is 71.2 Å². The Hall–Kier alpha value is -14.8. The average molecular weight is 1570 g/mol. The second-order valence-corrected chi connectivity index (χ2v) is 33.6. The fourth-order valence-electron chi connectivity index (χ4n) is 19.0. The molecule has 0 radical (unpaired) electrons. The molecular formula is C108H63B3O7S2. The minimum Gasteiger partial charge on any atom is -0.458 e. The van der Waals surface area contributed by atoms with E-state index in [9.17, 15) is 0 Å². The minimum absolute atomic E-state index is 0.0804. The molecule has 0 N–H and O–H groups in total. The molecule has 0 amide bonds. The number of para-hydroxylation sites is 7. The summed E-state index contributed by atoms with van der Waals surface area (Å²) in [6, 6.07) is 135. The van der Waals surface area contributed by atoms with E-state index in [2.05, 4.69) is 334 Å². The van der Waals surface area contributed by atoms with Gasteiger partial charge in [0.1, 0.15) is 80.2 Å². The quantitative estimate of drug-likeness (QED) is 0.154. The summed E-state index contributed by atoms with van der Waals surface area (Å²) in [6.45, 7) is 0.273. The Morgan fingerprint density at radius 1 is 0.175 bits per heavy atom. The predicted molar refractivity (Wildman–Crippen MR) is 498 cm³/mol. The average Bonchev–Trinajstić information content (AvgIpc) is 0.798. The third-order valence-electron chi connectivity index (χ3n) is 24.6. The maximum Gasteiger partial charge on any atom is 0.260 e.